The van der Waals surface area contributed by atoms with E-state index >= 15 is 0 Å². The van der Waals surface area contributed by atoms with E-state index in [1.807, 2.05) is 31.2 Å². The van der Waals surface area contributed by atoms with Crippen LogP contribution < -0.4 is 0 Å². The van der Waals surface area contributed by atoms with E-state index in [0.29, 0.717) is 18.8 Å². The first-order valence-corrected chi connectivity index (χ1v) is 9.23. The van der Waals surface area contributed by atoms with Crippen LogP contribution in [0.15, 0.2) is 64.2 Å². The lowest BCUT2D eigenvalue weighted by Gasteiger charge is -2.20. The highest BCUT2D eigenvalue weighted by atomic mass is 16.6. The van der Waals surface area contributed by atoms with Gasteiger partial charge in [0.05, 0.1) is 12.0 Å². The van der Waals surface area contributed by atoms with Gasteiger partial charge in [0.1, 0.15) is 31.3 Å². The number of nitrogens with zero attached hydrogens (tertiary/aromatic N) is 2. The SMILES string of the molecule is Cc1ccc(C2=NN(C(=O)COC(=O)C3=COCCO3)[C@@H](c3ccco3)C2)cc1. The van der Waals surface area contributed by atoms with Gasteiger partial charge < -0.3 is 18.6 Å². The quantitative estimate of drug-likeness (QED) is 0.722. The second-order valence-corrected chi connectivity index (χ2v) is 6.66. The van der Waals surface area contributed by atoms with E-state index in [4.69, 9.17) is 18.6 Å². The molecule has 8 nitrogen and oxygen atoms in total. The Morgan fingerprint density at radius 3 is 2.72 bits per heavy atom. The minimum Gasteiger partial charge on any atom is -0.493 e. The summed E-state index contributed by atoms with van der Waals surface area (Å²) in [6.45, 7) is 2.16. The van der Waals surface area contributed by atoms with Gasteiger partial charge in [-0.15, -0.1) is 0 Å². The summed E-state index contributed by atoms with van der Waals surface area (Å²) in [6.07, 6.45) is 3.23. The third-order valence-electron chi connectivity index (χ3n) is 4.60. The molecule has 1 aromatic carbocycles. The number of rotatable bonds is 5. The van der Waals surface area contributed by atoms with Gasteiger partial charge in [-0.3, -0.25) is 4.79 Å². The predicted molar refractivity (Wildman–Crippen MR) is 102 cm³/mol. The molecule has 0 spiro atoms. The lowest BCUT2D eigenvalue weighted by molar-refractivity contribution is -0.153. The van der Waals surface area contributed by atoms with Crippen LogP contribution in [0.2, 0.25) is 0 Å². The van der Waals surface area contributed by atoms with Gasteiger partial charge in [-0.25, -0.2) is 9.80 Å². The second-order valence-electron chi connectivity index (χ2n) is 6.66. The van der Waals surface area contributed by atoms with Crippen molar-refractivity contribution in [3.63, 3.8) is 0 Å². The van der Waals surface area contributed by atoms with Crippen molar-refractivity contribution in [1.82, 2.24) is 5.01 Å². The Bertz CT molecular complexity index is 946. The van der Waals surface area contributed by atoms with E-state index in [2.05, 4.69) is 5.10 Å². The normalized spacial score (nSPS) is 18.4. The fourth-order valence-electron chi connectivity index (χ4n) is 3.10. The number of aryl methyl sites for hydroxylation is 1. The van der Waals surface area contributed by atoms with Gasteiger partial charge in [0.15, 0.2) is 6.61 Å². The molecule has 1 amide bonds. The van der Waals surface area contributed by atoms with Crippen LogP contribution in [0.1, 0.15) is 29.3 Å². The van der Waals surface area contributed by atoms with Crippen LogP contribution in [0.3, 0.4) is 0 Å². The van der Waals surface area contributed by atoms with Crippen molar-refractivity contribution in [3.05, 3.63) is 71.6 Å². The molecule has 1 aromatic heterocycles. The number of benzene rings is 1. The molecule has 8 heteroatoms. The van der Waals surface area contributed by atoms with Gasteiger partial charge in [0.2, 0.25) is 5.76 Å². The summed E-state index contributed by atoms with van der Waals surface area (Å²) in [7, 11) is 0. The van der Waals surface area contributed by atoms with Gasteiger partial charge in [-0.1, -0.05) is 29.8 Å². The zero-order chi connectivity index (χ0) is 20.2. The van der Waals surface area contributed by atoms with Crippen LogP contribution in [-0.2, 0) is 23.8 Å². The number of carbonyl (C=O) groups excluding carboxylic acids is 2. The average molecular weight is 396 g/mol. The van der Waals surface area contributed by atoms with E-state index in [9.17, 15) is 9.59 Å². The number of esters is 1. The van der Waals surface area contributed by atoms with Crippen molar-refractivity contribution < 1.29 is 28.2 Å². The number of hydrogen-bond acceptors (Lipinski definition) is 7. The van der Waals surface area contributed by atoms with Gasteiger partial charge in [-0.2, -0.15) is 5.10 Å². The first-order chi connectivity index (χ1) is 14.1. The molecule has 4 rings (SSSR count). The van der Waals surface area contributed by atoms with E-state index in [-0.39, 0.29) is 12.4 Å². The number of amides is 1. The lowest BCUT2D eigenvalue weighted by atomic mass is 10.0. The van der Waals surface area contributed by atoms with E-state index < -0.39 is 24.5 Å². The molecule has 0 unspecified atom stereocenters. The van der Waals surface area contributed by atoms with Crippen LogP contribution in [0.4, 0.5) is 0 Å². The van der Waals surface area contributed by atoms with Crippen LogP contribution in [0.5, 0.6) is 0 Å². The van der Waals surface area contributed by atoms with Crippen LogP contribution in [0.25, 0.3) is 0 Å². The lowest BCUT2D eigenvalue weighted by Crippen LogP contribution is -2.31. The maximum atomic E-state index is 12.8. The van der Waals surface area contributed by atoms with Crippen molar-refractivity contribution in [2.45, 2.75) is 19.4 Å². The van der Waals surface area contributed by atoms with Crippen LogP contribution in [0, 0.1) is 6.92 Å². The summed E-state index contributed by atoms with van der Waals surface area (Å²) in [5, 5.41) is 5.81. The molecule has 3 heterocycles. The van der Waals surface area contributed by atoms with Gasteiger partial charge in [0.25, 0.3) is 5.91 Å². The Morgan fingerprint density at radius 1 is 1.21 bits per heavy atom. The Hall–Kier alpha value is -3.55. The highest BCUT2D eigenvalue weighted by Gasteiger charge is 2.35. The summed E-state index contributed by atoms with van der Waals surface area (Å²) < 4.78 is 20.8. The van der Waals surface area contributed by atoms with Gasteiger partial charge in [0, 0.05) is 6.42 Å². The van der Waals surface area contributed by atoms with Crippen LogP contribution in [-0.4, -0.2) is 42.4 Å². The first-order valence-electron chi connectivity index (χ1n) is 9.23. The molecular formula is C21H20N2O6. The van der Waals surface area contributed by atoms with E-state index in [1.165, 1.54) is 11.3 Å². The molecule has 0 saturated carbocycles. The molecule has 150 valence electrons. The third-order valence-corrected chi connectivity index (χ3v) is 4.60. The standard InChI is InChI=1S/C21H20N2O6/c1-14-4-6-15(7-5-14)16-11-17(18-3-2-8-27-18)23(22-16)20(24)13-29-21(25)19-12-26-9-10-28-19/h2-8,12,17H,9-11,13H2,1H3/t17-/m1/s1. The molecule has 2 aromatic rings. The molecular weight excluding hydrogens is 376 g/mol. The fraction of sp³-hybridized carbons (Fsp3) is 0.286. The molecule has 2 aliphatic rings. The smallest absolute Gasteiger partial charge is 0.377 e. The molecule has 2 aliphatic heterocycles. The van der Waals surface area contributed by atoms with Gasteiger partial charge in [-0.05, 0) is 24.6 Å². The van der Waals surface area contributed by atoms with Crippen LogP contribution >= 0.6 is 0 Å². The first kappa shape index (κ1) is 18.8. The largest absolute Gasteiger partial charge is 0.493 e. The molecule has 0 bridgehead atoms. The Morgan fingerprint density at radius 2 is 2.03 bits per heavy atom. The van der Waals surface area contributed by atoms with Crippen molar-refractivity contribution in [1.29, 1.82) is 0 Å². The summed E-state index contributed by atoms with van der Waals surface area (Å²) in [5.41, 5.74) is 2.83. The number of ether oxygens (including phenoxy) is 3. The zero-order valence-electron chi connectivity index (χ0n) is 15.9. The highest BCUT2D eigenvalue weighted by Crippen LogP contribution is 2.33. The number of hydrogen-bond donors (Lipinski definition) is 0. The maximum Gasteiger partial charge on any atom is 0.377 e. The Kier molecular flexibility index (Phi) is 5.33. The molecule has 0 radical (unpaired) electrons. The van der Waals surface area contributed by atoms with Crippen molar-refractivity contribution in [2.75, 3.05) is 19.8 Å². The topological polar surface area (TPSA) is 90.6 Å². The maximum absolute atomic E-state index is 12.8. The molecule has 0 N–H and O–H groups in total. The second kappa shape index (κ2) is 8.22. The highest BCUT2D eigenvalue weighted by molar-refractivity contribution is 6.03. The van der Waals surface area contributed by atoms with Crippen molar-refractivity contribution in [3.8, 4) is 0 Å². The zero-order valence-corrected chi connectivity index (χ0v) is 15.9. The monoisotopic (exact) mass is 396 g/mol. The summed E-state index contributed by atoms with van der Waals surface area (Å²) in [5.74, 6) is -0.659. The summed E-state index contributed by atoms with van der Waals surface area (Å²) >= 11 is 0. The number of hydrazone groups is 1. The molecule has 0 aliphatic carbocycles. The van der Waals surface area contributed by atoms with Crippen molar-refractivity contribution in [2.24, 2.45) is 5.10 Å². The average Bonchev–Trinajstić information content (AvgIpc) is 3.43. The molecule has 0 fully saturated rings. The number of carbonyl (C=O) groups is 2. The molecule has 0 saturated heterocycles. The summed E-state index contributed by atoms with van der Waals surface area (Å²) in [4.78, 5) is 24.8. The fourth-order valence-corrected chi connectivity index (χ4v) is 3.10. The van der Waals surface area contributed by atoms with Gasteiger partial charge >= 0.3 is 5.97 Å². The minimum absolute atomic E-state index is 0.0584. The van der Waals surface area contributed by atoms with E-state index in [1.54, 1.807) is 18.4 Å². The Balaban J connectivity index is 1.49. The Labute approximate surface area is 167 Å². The minimum atomic E-state index is -0.755. The molecule has 1 atom stereocenters. The molecule has 29 heavy (non-hydrogen) atoms. The van der Waals surface area contributed by atoms with E-state index in [0.717, 1.165) is 16.8 Å². The predicted octanol–water partition coefficient (Wildman–Crippen LogP) is 2.70. The summed E-state index contributed by atoms with van der Waals surface area (Å²) in [6, 6.07) is 11.1. The van der Waals surface area contributed by atoms with Crippen molar-refractivity contribution >= 4 is 17.6 Å². The third kappa shape index (κ3) is 4.16. The number of furan rings is 1.